The van der Waals surface area contributed by atoms with Gasteiger partial charge in [-0.05, 0) is 43.4 Å². The number of ether oxygens (including phenoxy) is 1. The number of hydrogen-bond acceptors (Lipinski definition) is 4. The van der Waals surface area contributed by atoms with Gasteiger partial charge in [0, 0.05) is 32.6 Å². The largest absolute Gasteiger partial charge is 0.481 e. The topological polar surface area (TPSA) is 90.2 Å². The van der Waals surface area contributed by atoms with E-state index in [0.717, 1.165) is 49.4 Å². The van der Waals surface area contributed by atoms with Crippen molar-refractivity contribution in [3.8, 4) is 18.1 Å². The van der Waals surface area contributed by atoms with Crippen LogP contribution < -0.4 is 21.1 Å². The molecule has 0 bridgehead atoms. The zero-order valence-corrected chi connectivity index (χ0v) is 16.5. The number of carbonyl (C=O) groups is 1. The molecular formula is C21H27N5O3. The summed E-state index contributed by atoms with van der Waals surface area (Å²) < 4.78 is 8.60. The highest BCUT2D eigenvalue weighted by Crippen LogP contribution is 2.12. The first-order chi connectivity index (χ1) is 14.2. The van der Waals surface area contributed by atoms with Crippen molar-refractivity contribution in [3.05, 3.63) is 46.1 Å². The lowest BCUT2D eigenvalue weighted by molar-refractivity contribution is 0.240. The second kappa shape index (κ2) is 10.4. The number of terminal acetylenes is 1. The highest BCUT2D eigenvalue weighted by atomic mass is 16.5. The molecule has 0 unspecified atom stereocenters. The first-order valence-corrected chi connectivity index (χ1v) is 10.0. The van der Waals surface area contributed by atoms with Crippen molar-refractivity contribution in [2.24, 2.45) is 0 Å². The maximum Gasteiger partial charge on any atom is 0.345 e. The Balaban J connectivity index is 1.31. The van der Waals surface area contributed by atoms with Crippen molar-refractivity contribution < 1.29 is 9.53 Å². The van der Waals surface area contributed by atoms with E-state index in [9.17, 15) is 9.59 Å². The molecule has 1 aromatic carbocycles. The number of fused-ring (bicyclic) bond motifs is 1. The Morgan fingerprint density at radius 2 is 2.00 bits per heavy atom. The first kappa shape index (κ1) is 20.5. The number of aromatic nitrogens is 3. The maximum atomic E-state index is 12.2. The summed E-state index contributed by atoms with van der Waals surface area (Å²) in [6.45, 7) is 2.53. The van der Waals surface area contributed by atoms with Crippen LogP contribution >= 0.6 is 0 Å². The fraction of sp³-hybridized carbons (Fsp3) is 0.476. The molecule has 1 aliphatic heterocycles. The molecule has 29 heavy (non-hydrogen) atoms. The molecule has 0 spiro atoms. The predicted molar refractivity (Wildman–Crippen MR) is 110 cm³/mol. The van der Waals surface area contributed by atoms with E-state index in [1.54, 1.807) is 4.57 Å². The monoisotopic (exact) mass is 397 g/mol. The van der Waals surface area contributed by atoms with E-state index in [0.29, 0.717) is 26.1 Å². The molecule has 0 atom stereocenters. The lowest BCUT2D eigenvalue weighted by Gasteiger charge is -2.09. The third-order valence-corrected chi connectivity index (χ3v) is 4.81. The Kier molecular flexibility index (Phi) is 7.34. The van der Waals surface area contributed by atoms with Gasteiger partial charge in [0.1, 0.15) is 18.2 Å². The number of nitrogens with one attached hydrogen (secondary N) is 2. The van der Waals surface area contributed by atoms with Gasteiger partial charge in [-0.1, -0.05) is 18.1 Å². The molecule has 0 aliphatic carbocycles. The number of urea groups is 1. The first-order valence-electron chi connectivity index (χ1n) is 10.0. The fourth-order valence-electron chi connectivity index (χ4n) is 3.29. The lowest BCUT2D eigenvalue weighted by atomic mass is 10.1. The Labute approximate surface area is 170 Å². The summed E-state index contributed by atoms with van der Waals surface area (Å²) >= 11 is 0. The molecule has 0 saturated carbocycles. The van der Waals surface area contributed by atoms with Crippen LogP contribution in [0.4, 0.5) is 4.79 Å². The zero-order chi connectivity index (χ0) is 20.5. The Hall–Kier alpha value is -3.21. The molecule has 3 rings (SSSR count). The zero-order valence-electron chi connectivity index (χ0n) is 16.5. The average Bonchev–Trinajstić information content (AvgIpc) is 3.06. The number of nitrogens with zero attached hydrogens (tertiary/aromatic N) is 3. The summed E-state index contributed by atoms with van der Waals surface area (Å²) in [5.41, 5.74) is 1.06. The smallest absolute Gasteiger partial charge is 0.345 e. The molecule has 8 nitrogen and oxygen atoms in total. The molecular weight excluding hydrogens is 370 g/mol. The number of benzene rings is 1. The molecule has 0 saturated heterocycles. The van der Waals surface area contributed by atoms with E-state index in [4.69, 9.17) is 11.2 Å². The number of hydrogen-bond donors (Lipinski definition) is 2. The normalized spacial score (nSPS) is 12.7. The Bertz CT molecular complexity index is 908. The third-order valence-electron chi connectivity index (χ3n) is 4.81. The molecule has 2 N–H and O–H groups in total. The summed E-state index contributed by atoms with van der Waals surface area (Å²) in [6, 6.07) is 7.42. The van der Waals surface area contributed by atoms with E-state index in [1.807, 2.05) is 24.3 Å². The van der Waals surface area contributed by atoms with Crippen molar-refractivity contribution in [2.75, 3.05) is 19.7 Å². The lowest BCUT2D eigenvalue weighted by Crippen LogP contribution is -2.37. The minimum Gasteiger partial charge on any atom is -0.481 e. The summed E-state index contributed by atoms with van der Waals surface area (Å²) in [6.07, 6.45) is 9.52. The van der Waals surface area contributed by atoms with Crippen LogP contribution in [-0.2, 0) is 25.9 Å². The maximum absolute atomic E-state index is 12.2. The van der Waals surface area contributed by atoms with Gasteiger partial charge in [0.15, 0.2) is 0 Å². The third kappa shape index (κ3) is 5.88. The van der Waals surface area contributed by atoms with Gasteiger partial charge in [-0.25, -0.2) is 14.3 Å². The minimum atomic E-state index is -0.213. The Morgan fingerprint density at radius 1 is 1.21 bits per heavy atom. The predicted octanol–water partition coefficient (Wildman–Crippen LogP) is 1.33. The molecule has 1 aromatic heterocycles. The van der Waals surface area contributed by atoms with E-state index >= 15 is 0 Å². The molecule has 2 heterocycles. The molecule has 2 aromatic rings. The van der Waals surface area contributed by atoms with Gasteiger partial charge in [0.05, 0.1) is 0 Å². The number of carbonyl (C=O) groups excluding carboxylic acids is 1. The molecule has 154 valence electrons. The summed E-state index contributed by atoms with van der Waals surface area (Å²) in [4.78, 5) is 24.1. The van der Waals surface area contributed by atoms with Crippen LogP contribution in [0, 0.1) is 12.3 Å². The highest BCUT2D eigenvalue weighted by Gasteiger charge is 2.16. The van der Waals surface area contributed by atoms with Gasteiger partial charge >= 0.3 is 11.7 Å². The van der Waals surface area contributed by atoms with Gasteiger partial charge < -0.3 is 15.4 Å². The van der Waals surface area contributed by atoms with Crippen LogP contribution in [0.1, 0.15) is 30.7 Å². The van der Waals surface area contributed by atoms with Gasteiger partial charge in [0.25, 0.3) is 0 Å². The van der Waals surface area contributed by atoms with Crippen molar-refractivity contribution in [3.63, 3.8) is 0 Å². The van der Waals surface area contributed by atoms with Crippen LogP contribution in [0.15, 0.2) is 29.1 Å². The molecule has 8 heteroatoms. The minimum absolute atomic E-state index is 0.0418. The summed E-state index contributed by atoms with van der Waals surface area (Å²) in [7, 11) is 0. The van der Waals surface area contributed by atoms with E-state index in [2.05, 4.69) is 21.7 Å². The summed E-state index contributed by atoms with van der Waals surface area (Å²) in [5, 5.41) is 10.0. The van der Waals surface area contributed by atoms with Crippen molar-refractivity contribution >= 4 is 6.03 Å². The van der Waals surface area contributed by atoms with Crippen molar-refractivity contribution in [2.45, 2.75) is 45.2 Å². The summed E-state index contributed by atoms with van der Waals surface area (Å²) in [5.74, 6) is 4.03. The van der Waals surface area contributed by atoms with Crippen LogP contribution in [0.3, 0.4) is 0 Å². The van der Waals surface area contributed by atoms with Crippen LogP contribution in [0.5, 0.6) is 5.75 Å². The standard InChI is InChI=1S/C21H27N5O3/c1-2-16-29-18-9-7-17(8-10-18)11-13-23-20(27)22-12-5-15-26-21(28)25-14-4-3-6-19(25)24-26/h1,7-10H,3-6,11-16H2,(H2,22,23,27). The molecule has 0 radical (unpaired) electrons. The van der Waals surface area contributed by atoms with Gasteiger partial charge in [-0.3, -0.25) is 4.57 Å². The second-order valence-electron chi connectivity index (χ2n) is 6.95. The van der Waals surface area contributed by atoms with Crippen LogP contribution in [0.25, 0.3) is 0 Å². The van der Waals surface area contributed by atoms with Gasteiger partial charge in [-0.15, -0.1) is 6.42 Å². The molecule has 1 aliphatic rings. The second-order valence-corrected chi connectivity index (χ2v) is 6.95. The van der Waals surface area contributed by atoms with Crippen molar-refractivity contribution in [1.29, 1.82) is 0 Å². The highest BCUT2D eigenvalue weighted by molar-refractivity contribution is 5.73. The van der Waals surface area contributed by atoms with E-state index in [-0.39, 0.29) is 18.3 Å². The van der Waals surface area contributed by atoms with Crippen LogP contribution in [0.2, 0.25) is 0 Å². The van der Waals surface area contributed by atoms with Gasteiger partial charge in [0.2, 0.25) is 0 Å². The number of aryl methyl sites for hydroxylation is 2. The Morgan fingerprint density at radius 3 is 2.76 bits per heavy atom. The molecule has 2 amide bonds. The molecule has 0 fully saturated rings. The average molecular weight is 397 g/mol. The van der Waals surface area contributed by atoms with Gasteiger partial charge in [-0.2, -0.15) is 5.10 Å². The van der Waals surface area contributed by atoms with Crippen LogP contribution in [-0.4, -0.2) is 40.1 Å². The number of rotatable bonds is 9. The SMILES string of the molecule is C#CCOc1ccc(CCNC(=O)NCCCn2nc3n(c2=O)CCCC3)cc1. The number of amides is 2. The fourth-order valence-corrected chi connectivity index (χ4v) is 3.29. The quantitative estimate of drug-likeness (QED) is 0.493. The van der Waals surface area contributed by atoms with Crippen molar-refractivity contribution in [1.82, 2.24) is 25.0 Å². The van der Waals surface area contributed by atoms with E-state index in [1.165, 1.54) is 4.68 Å². The van der Waals surface area contributed by atoms with E-state index < -0.39 is 0 Å².